The summed E-state index contributed by atoms with van der Waals surface area (Å²) < 4.78 is 0. The summed E-state index contributed by atoms with van der Waals surface area (Å²) >= 11 is 7.65. The average Bonchev–Trinajstić information content (AvgIpc) is 3.17. The minimum Gasteiger partial charge on any atom is -0.508 e. The van der Waals surface area contributed by atoms with Crippen LogP contribution < -0.4 is 5.32 Å². The minimum absolute atomic E-state index is 0.134. The number of aromatic hydroxyl groups is 1. The Labute approximate surface area is 175 Å². The molecule has 2 N–H and O–H groups in total. The van der Waals surface area contributed by atoms with Crippen molar-refractivity contribution in [2.75, 3.05) is 5.32 Å². The Bertz CT molecular complexity index is 1160. The van der Waals surface area contributed by atoms with E-state index in [1.807, 2.05) is 29.6 Å². The fourth-order valence-electron chi connectivity index (χ4n) is 2.70. The number of nitrogens with one attached hydrogen (secondary N) is 1. The molecule has 0 radical (unpaired) electrons. The number of carbonyl (C=O) groups is 1. The second-order valence-electron chi connectivity index (χ2n) is 6.19. The quantitative estimate of drug-likeness (QED) is 0.482. The number of rotatable bonds is 5. The SMILES string of the molecule is O=C(Cc1csc(-c2ccccc2Cl)n1)Nc1cnc(-c2cccc(O)c2)nc1. The Kier molecular flexibility index (Phi) is 5.50. The van der Waals surface area contributed by atoms with Gasteiger partial charge >= 0.3 is 0 Å². The maximum atomic E-state index is 12.3. The summed E-state index contributed by atoms with van der Waals surface area (Å²) in [6, 6.07) is 14.1. The fraction of sp³-hybridized carbons (Fsp3) is 0.0476. The van der Waals surface area contributed by atoms with Crippen molar-refractivity contribution >= 4 is 34.5 Å². The van der Waals surface area contributed by atoms with E-state index in [1.54, 1.807) is 24.3 Å². The smallest absolute Gasteiger partial charge is 0.230 e. The molecule has 6 nitrogen and oxygen atoms in total. The first-order valence-electron chi connectivity index (χ1n) is 8.69. The molecule has 0 saturated heterocycles. The van der Waals surface area contributed by atoms with E-state index < -0.39 is 0 Å². The maximum Gasteiger partial charge on any atom is 0.230 e. The van der Waals surface area contributed by atoms with Gasteiger partial charge in [-0.3, -0.25) is 4.79 Å². The number of benzene rings is 2. The van der Waals surface area contributed by atoms with E-state index >= 15 is 0 Å². The highest BCUT2D eigenvalue weighted by atomic mass is 35.5. The molecule has 0 aliphatic rings. The number of carbonyl (C=O) groups excluding carboxylic acids is 1. The lowest BCUT2D eigenvalue weighted by atomic mass is 10.2. The molecule has 0 aliphatic carbocycles. The van der Waals surface area contributed by atoms with Crippen molar-refractivity contribution in [2.45, 2.75) is 6.42 Å². The number of phenols is 1. The Balaban J connectivity index is 1.41. The van der Waals surface area contributed by atoms with E-state index in [-0.39, 0.29) is 18.1 Å². The normalized spacial score (nSPS) is 10.7. The monoisotopic (exact) mass is 422 g/mol. The Morgan fingerprint density at radius 2 is 1.90 bits per heavy atom. The zero-order chi connectivity index (χ0) is 20.2. The maximum absolute atomic E-state index is 12.3. The highest BCUT2D eigenvalue weighted by Crippen LogP contribution is 2.30. The molecule has 2 heterocycles. The van der Waals surface area contributed by atoms with Gasteiger partial charge in [-0.25, -0.2) is 15.0 Å². The molecule has 4 rings (SSSR count). The van der Waals surface area contributed by atoms with Gasteiger partial charge in [-0.1, -0.05) is 41.9 Å². The molecule has 0 aliphatic heterocycles. The van der Waals surface area contributed by atoms with Crippen molar-refractivity contribution in [1.29, 1.82) is 0 Å². The van der Waals surface area contributed by atoms with Crippen LogP contribution in [0.2, 0.25) is 5.02 Å². The van der Waals surface area contributed by atoms with E-state index in [4.69, 9.17) is 11.6 Å². The van der Waals surface area contributed by atoms with E-state index in [0.29, 0.717) is 27.8 Å². The third kappa shape index (κ3) is 4.59. The first-order chi connectivity index (χ1) is 14.1. The predicted octanol–water partition coefficient (Wildman–Crippen LogP) is 4.81. The molecule has 29 heavy (non-hydrogen) atoms. The molecule has 0 saturated carbocycles. The lowest BCUT2D eigenvalue weighted by molar-refractivity contribution is -0.115. The molecule has 1 amide bonds. The van der Waals surface area contributed by atoms with Crippen molar-refractivity contribution in [2.24, 2.45) is 0 Å². The van der Waals surface area contributed by atoms with Crippen LogP contribution in [-0.4, -0.2) is 26.0 Å². The molecule has 0 spiro atoms. The third-order valence-corrected chi connectivity index (χ3v) is 5.29. The van der Waals surface area contributed by atoms with Crippen molar-refractivity contribution in [3.8, 4) is 27.7 Å². The average molecular weight is 423 g/mol. The van der Waals surface area contributed by atoms with Crippen LogP contribution in [0.15, 0.2) is 66.3 Å². The van der Waals surface area contributed by atoms with Gasteiger partial charge in [0.15, 0.2) is 5.82 Å². The number of halogens is 1. The number of anilines is 1. The molecule has 0 unspecified atom stereocenters. The van der Waals surface area contributed by atoms with Gasteiger partial charge < -0.3 is 10.4 Å². The van der Waals surface area contributed by atoms with E-state index in [2.05, 4.69) is 20.3 Å². The first-order valence-corrected chi connectivity index (χ1v) is 9.95. The van der Waals surface area contributed by atoms with Crippen molar-refractivity contribution < 1.29 is 9.90 Å². The number of hydrogen-bond acceptors (Lipinski definition) is 6. The second kappa shape index (κ2) is 8.38. The van der Waals surface area contributed by atoms with Gasteiger partial charge in [0.25, 0.3) is 0 Å². The lowest BCUT2D eigenvalue weighted by Gasteiger charge is -2.05. The molecule has 0 fully saturated rings. The number of thiazole rings is 1. The van der Waals surface area contributed by atoms with Gasteiger partial charge in [0.1, 0.15) is 10.8 Å². The van der Waals surface area contributed by atoms with Crippen LogP contribution in [0.25, 0.3) is 22.0 Å². The Morgan fingerprint density at radius 3 is 2.66 bits per heavy atom. The number of nitrogens with zero attached hydrogens (tertiary/aromatic N) is 3. The topological polar surface area (TPSA) is 88.0 Å². The van der Waals surface area contributed by atoms with Crippen LogP contribution in [-0.2, 0) is 11.2 Å². The number of phenolic OH excluding ortho intramolecular Hbond substituents is 1. The van der Waals surface area contributed by atoms with Crippen molar-refractivity contribution in [3.63, 3.8) is 0 Å². The molecule has 8 heteroatoms. The van der Waals surface area contributed by atoms with Crippen LogP contribution in [0, 0.1) is 0 Å². The first kappa shape index (κ1) is 19.0. The highest BCUT2D eigenvalue weighted by molar-refractivity contribution is 7.13. The fourth-order valence-corrected chi connectivity index (χ4v) is 3.84. The molecular formula is C21H15ClN4O2S. The van der Waals surface area contributed by atoms with E-state index in [0.717, 1.165) is 10.6 Å². The predicted molar refractivity (Wildman–Crippen MR) is 114 cm³/mol. The summed E-state index contributed by atoms with van der Waals surface area (Å²) in [6.45, 7) is 0. The van der Waals surface area contributed by atoms with Crippen LogP contribution in [0.5, 0.6) is 5.75 Å². The standard InChI is InChI=1S/C21H15ClN4O2S/c22-18-7-2-1-6-17(18)21-26-14(12-29-21)9-19(28)25-15-10-23-20(24-11-15)13-4-3-5-16(27)8-13/h1-8,10-12,27H,9H2,(H,25,28). The second-order valence-corrected chi connectivity index (χ2v) is 7.46. The Hall–Kier alpha value is -3.29. The molecule has 2 aromatic carbocycles. The van der Waals surface area contributed by atoms with E-state index in [9.17, 15) is 9.90 Å². The third-order valence-electron chi connectivity index (χ3n) is 4.04. The summed E-state index contributed by atoms with van der Waals surface area (Å²) in [7, 11) is 0. The zero-order valence-corrected chi connectivity index (χ0v) is 16.6. The summed E-state index contributed by atoms with van der Waals surface area (Å²) in [6.07, 6.45) is 3.19. The van der Waals surface area contributed by atoms with Gasteiger partial charge in [-0.05, 0) is 18.2 Å². The summed E-state index contributed by atoms with van der Waals surface area (Å²) in [5, 5.41) is 15.6. The summed E-state index contributed by atoms with van der Waals surface area (Å²) in [5.74, 6) is 0.389. The molecule has 4 aromatic rings. The number of amides is 1. The lowest BCUT2D eigenvalue weighted by Crippen LogP contribution is -2.15. The zero-order valence-electron chi connectivity index (χ0n) is 15.0. The highest BCUT2D eigenvalue weighted by Gasteiger charge is 2.12. The minimum atomic E-state index is -0.213. The molecule has 144 valence electrons. The number of aromatic nitrogens is 3. The molecule has 0 atom stereocenters. The molecular weight excluding hydrogens is 408 g/mol. The summed E-state index contributed by atoms with van der Waals surface area (Å²) in [4.78, 5) is 25.3. The van der Waals surface area contributed by atoms with Gasteiger partial charge in [-0.2, -0.15) is 0 Å². The van der Waals surface area contributed by atoms with Crippen LogP contribution >= 0.6 is 22.9 Å². The van der Waals surface area contributed by atoms with Gasteiger partial charge in [0.2, 0.25) is 5.91 Å². The van der Waals surface area contributed by atoms with E-state index in [1.165, 1.54) is 23.7 Å². The molecule has 0 bridgehead atoms. The summed E-state index contributed by atoms with van der Waals surface area (Å²) in [5.41, 5.74) is 2.69. The largest absolute Gasteiger partial charge is 0.508 e. The van der Waals surface area contributed by atoms with Gasteiger partial charge in [0, 0.05) is 16.5 Å². The van der Waals surface area contributed by atoms with Crippen LogP contribution in [0.1, 0.15) is 5.69 Å². The van der Waals surface area contributed by atoms with Gasteiger partial charge in [0.05, 0.1) is 35.2 Å². The molecule has 2 aromatic heterocycles. The van der Waals surface area contributed by atoms with Crippen LogP contribution in [0.4, 0.5) is 5.69 Å². The number of hydrogen-bond donors (Lipinski definition) is 2. The van der Waals surface area contributed by atoms with Crippen molar-refractivity contribution in [3.05, 3.63) is 77.0 Å². The van der Waals surface area contributed by atoms with Crippen molar-refractivity contribution in [1.82, 2.24) is 15.0 Å². The Morgan fingerprint density at radius 1 is 1.10 bits per heavy atom. The van der Waals surface area contributed by atoms with Crippen LogP contribution in [0.3, 0.4) is 0 Å². The van der Waals surface area contributed by atoms with Gasteiger partial charge in [-0.15, -0.1) is 11.3 Å².